The van der Waals surface area contributed by atoms with Crippen molar-refractivity contribution in [2.75, 3.05) is 0 Å². The number of aromatic amines is 1. The van der Waals surface area contributed by atoms with Crippen LogP contribution in [0.5, 0.6) is 5.75 Å². The summed E-state index contributed by atoms with van der Waals surface area (Å²) < 4.78 is 5.83. The van der Waals surface area contributed by atoms with E-state index in [0.29, 0.717) is 23.5 Å². The Morgan fingerprint density at radius 1 is 0.844 bits per heavy atom. The van der Waals surface area contributed by atoms with Crippen LogP contribution in [0.4, 0.5) is 0 Å². The zero-order chi connectivity index (χ0) is 21.9. The number of fused-ring (bicyclic) bond motifs is 1. The smallest absolute Gasteiger partial charge is 0.337 e. The van der Waals surface area contributed by atoms with Crippen molar-refractivity contribution >= 4 is 17.0 Å². The molecule has 6 heteroatoms. The Morgan fingerprint density at radius 2 is 1.50 bits per heavy atom. The van der Waals surface area contributed by atoms with Gasteiger partial charge in [0.2, 0.25) is 0 Å². The first-order valence-electron chi connectivity index (χ1n) is 10.1. The topological polar surface area (TPSA) is 88.1 Å². The summed E-state index contributed by atoms with van der Waals surface area (Å²) in [4.78, 5) is 23.2. The molecular weight excluding hydrogens is 402 g/mol. The number of benzene rings is 3. The normalized spacial score (nSPS) is 10.9. The molecule has 0 spiro atoms. The van der Waals surface area contributed by atoms with Crippen LogP contribution < -0.4 is 4.74 Å². The van der Waals surface area contributed by atoms with Crippen molar-refractivity contribution in [3.63, 3.8) is 0 Å². The van der Waals surface area contributed by atoms with Gasteiger partial charge in [-0.1, -0.05) is 42.5 Å². The van der Waals surface area contributed by atoms with E-state index in [2.05, 4.69) is 15.0 Å². The molecule has 5 aromatic rings. The van der Waals surface area contributed by atoms with Crippen LogP contribution >= 0.6 is 0 Å². The number of carbonyl (C=O) groups is 1. The van der Waals surface area contributed by atoms with Crippen LogP contribution in [0.2, 0.25) is 0 Å². The second-order valence-corrected chi connectivity index (χ2v) is 7.34. The second kappa shape index (κ2) is 8.35. The van der Waals surface area contributed by atoms with Crippen LogP contribution in [0.1, 0.15) is 15.9 Å². The van der Waals surface area contributed by atoms with Crippen molar-refractivity contribution in [2.24, 2.45) is 0 Å². The van der Waals surface area contributed by atoms with E-state index in [1.807, 2.05) is 66.7 Å². The molecule has 5 rings (SSSR count). The first-order valence-corrected chi connectivity index (χ1v) is 10.1. The van der Waals surface area contributed by atoms with E-state index in [4.69, 9.17) is 4.74 Å². The van der Waals surface area contributed by atoms with E-state index < -0.39 is 5.97 Å². The lowest BCUT2D eigenvalue weighted by molar-refractivity contribution is 0.0699. The molecule has 0 unspecified atom stereocenters. The highest BCUT2D eigenvalue weighted by molar-refractivity contribution is 6.01. The maximum absolute atomic E-state index is 11.4. The Morgan fingerprint density at radius 3 is 2.19 bits per heavy atom. The standard InChI is InChI=1S/C26H19N3O3/c30-26(31)22-2-1-3-23-24(22)29-25(28-23)20-6-4-18(5-7-20)19-8-10-21(11-9-19)32-16-17-12-14-27-15-13-17/h1-15H,16H2,(H,28,29)(H,30,31). The van der Waals surface area contributed by atoms with E-state index >= 15 is 0 Å². The van der Waals surface area contributed by atoms with E-state index in [9.17, 15) is 9.90 Å². The Labute approximate surface area is 184 Å². The zero-order valence-electron chi connectivity index (χ0n) is 17.0. The number of hydrogen-bond donors (Lipinski definition) is 2. The lowest BCUT2D eigenvalue weighted by atomic mass is 10.0. The Bertz CT molecular complexity index is 1380. The number of aromatic carboxylic acids is 1. The number of hydrogen-bond acceptors (Lipinski definition) is 4. The molecule has 0 saturated carbocycles. The number of nitrogens with zero attached hydrogens (tertiary/aromatic N) is 2. The summed E-state index contributed by atoms with van der Waals surface area (Å²) in [6.45, 7) is 0.498. The third kappa shape index (κ3) is 3.94. The molecule has 0 atom stereocenters. The molecular formula is C26H19N3O3. The molecule has 2 N–H and O–H groups in total. The molecule has 0 aliphatic carbocycles. The van der Waals surface area contributed by atoms with Gasteiger partial charge in [0, 0.05) is 18.0 Å². The number of H-pyrrole nitrogens is 1. The number of rotatable bonds is 6. The molecule has 2 heterocycles. The van der Waals surface area contributed by atoms with Gasteiger partial charge in [-0.3, -0.25) is 4.98 Å². The zero-order valence-corrected chi connectivity index (χ0v) is 17.0. The van der Waals surface area contributed by atoms with Gasteiger partial charge in [0.25, 0.3) is 0 Å². The quantitative estimate of drug-likeness (QED) is 0.374. The third-order valence-electron chi connectivity index (χ3n) is 5.24. The molecule has 2 aromatic heterocycles. The largest absolute Gasteiger partial charge is 0.489 e. The third-order valence-corrected chi connectivity index (χ3v) is 5.24. The summed E-state index contributed by atoms with van der Waals surface area (Å²) in [7, 11) is 0. The highest BCUT2D eigenvalue weighted by Crippen LogP contribution is 2.27. The average molecular weight is 421 g/mol. The van der Waals surface area contributed by atoms with Crippen molar-refractivity contribution < 1.29 is 14.6 Å². The van der Waals surface area contributed by atoms with Crippen molar-refractivity contribution in [1.82, 2.24) is 15.0 Å². The van der Waals surface area contributed by atoms with Crippen molar-refractivity contribution in [3.8, 4) is 28.3 Å². The Balaban J connectivity index is 1.33. The minimum Gasteiger partial charge on any atom is -0.489 e. The summed E-state index contributed by atoms with van der Waals surface area (Å²) in [5.74, 6) is 0.455. The van der Waals surface area contributed by atoms with Gasteiger partial charge in [-0.2, -0.15) is 0 Å². The summed E-state index contributed by atoms with van der Waals surface area (Å²) >= 11 is 0. The van der Waals surface area contributed by atoms with E-state index in [0.717, 1.165) is 28.0 Å². The lowest BCUT2D eigenvalue weighted by Gasteiger charge is -2.08. The van der Waals surface area contributed by atoms with Crippen LogP contribution in [0.15, 0.2) is 91.3 Å². The predicted octanol–water partition coefficient (Wildman–Crippen LogP) is 5.57. The van der Waals surface area contributed by atoms with Gasteiger partial charge in [0.1, 0.15) is 23.7 Å². The number of aromatic nitrogens is 3. The van der Waals surface area contributed by atoms with Gasteiger partial charge < -0.3 is 14.8 Å². The van der Waals surface area contributed by atoms with Gasteiger partial charge in [-0.15, -0.1) is 0 Å². The molecule has 0 fully saturated rings. The number of para-hydroxylation sites is 1. The van der Waals surface area contributed by atoms with E-state index in [-0.39, 0.29) is 5.56 Å². The van der Waals surface area contributed by atoms with Gasteiger partial charge in [0.05, 0.1) is 11.1 Å². The van der Waals surface area contributed by atoms with Gasteiger partial charge in [0.15, 0.2) is 0 Å². The molecule has 0 amide bonds. The highest BCUT2D eigenvalue weighted by atomic mass is 16.5. The van der Waals surface area contributed by atoms with Crippen LogP contribution in [0.25, 0.3) is 33.5 Å². The Hall–Kier alpha value is -4.45. The number of imidazole rings is 1. The maximum Gasteiger partial charge on any atom is 0.337 e. The molecule has 0 aliphatic heterocycles. The van der Waals surface area contributed by atoms with E-state index in [1.165, 1.54) is 0 Å². The van der Waals surface area contributed by atoms with Crippen LogP contribution in [-0.2, 0) is 6.61 Å². The molecule has 156 valence electrons. The number of carboxylic acids is 1. The number of nitrogens with one attached hydrogen (secondary N) is 1. The van der Waals surface area contributed by atoms with Gasteiger partial charge in [-0.05, 0) is 53.1 Å². The van der Waals surface area contributed by atoms with Crippen molar-refractivity contribution in [2.45, 2.75) is 6.61 Å². The summed E-state index contributed by atoms with van der Waals surface area (Å²) in [6, 6.07) is 24.9. The number of pyridine rings is 1. The van der Waals surface area contributed by atoms with Crippen molar-refractivity contribution in [1.29, 1.82) is 0 Å². The van der Waals surface area contributed by atoms with Crippen LogP contribution in [-0.4, -0.2) is 26.0 Å². The van der Waals surface area contributed by atoms with Crippen LogP contribution in [0.3, 0.4) is 0 Å². The maximum atomic E-state index is 11.4. The summed E-state index contributed by atoms with van der Waals surface area (Å²) in [6.07, 6.45) is 3.50. The minimum atomic E-state index is -0.989. The Kier molecular flexibility index (Phi) is 5.09. The molecule has 0 bridgehead atoms. The molecule has 0 radical (unpaired) electrons. The molecule has 0 saturated heterocycles. The SMILES string of the molecule is O=C(O)c1cccc2[nH]c(-c3ccc(-c4ccc(OCc5ccncc5)cc4)cc3)nc12. The second-order valence-electron chi connectivity index (χ2n) is 7.34. The predicted molar refractivity (Wildman–Crippen MR) is 122 cm³/mol. The number of ether oxygens (including phenoxy) is 1. The minimum absolute atomic E-state index is 0.188. The monoisotopic (exact) mass is 421 g/mol. The lowest BCUT2D eigenvalue weighted by Crippen LogP contribution is -1.96. The molecule has 3 aromatic carbocycles. The average Bonchev–Trinajstić information content (AvgIpc) is 3.28. The van der Waals surface area contributed by atoms with Gasteiger partial charge in [-0.25, -0.2) is 9.78 Å². The molecule has 6 nitrogen and oxygen atoms in total. The van der Waals surface area contributed by atoms with Crippen molar-refractivity contribution in [3.05, 3.63) is 102 Å². The fourth-order valence-corrected chi connectivity index (χ4v) is 3.55. The number of carboxylic acid groups (broad SMARTS) is 1. The summed E-state index contributed by atoms with van der Waals surface area (Å²) in [5.41, 5.74) is 5.45. The highest BCUT2D eigenvalue weighted by Gasteiger charge is 2.13. The van der Waals surface area contributed by atoms with E-state index in [1.54, 1.807) is 24.5 Å². The fraction of sp³-hybridized carbons (Fsp3) is 0.0385. The molecule has 0 aliphatic rings. The van der Waals surface area contributed by atoms with Gasteiger partial charge >= 0.3 is 5.97 Å². The summed E-state index contributed by atoms with van der Waals surface area (Å²) in [5, 5.41) is 9.37. The van der Waals surface area contributed by atoms with Crippen LogP contribution in [0, 0.1) is 0 Å². The fourth-order valence-electron chi connectivity index (χ4n) is 3.55. The first-order chi connectivity index (χ1) is 15.7. The first kappa shape index (κ1) is 19.5. The molecule has 32 heavy (non-hydrogen) atoms.